The van der Waals surface area contributed by atoms with Crippen molar-refractivity contribution in [3.63, 3.8) is 0 Å². The number of aryl methyl sites for hydroxylation is 1. The molecular formula is C21H24FN3O3. The van der Waals surface area contributed by atoms with Gasteiger partial charge in [-0.2, -0.15) is 0 Å². The van der Waals surface area contributed by atoms with E-state index in [1.807, 2.05) is 31.2 Å². The van der Waals surface area contributed by atoms with Crippen molar-refractivity contribution >= 4 is 23.5 Å². The number of hydrogen-bond acceptors (Lipinski definition) is 3. The maximum atomic E-state index is 12.9. The smallest absolute Gasteiger partial charge is 0.411 e. The molecule has 3 rings (SSSR count). The van der Waals surface area contributed by atoms with Crippen molar-refractivity contribution in [2.24, 2.45) is 0 Å². The van der Waals surface area contributed by atoms with Crippen LogP contribution < -0.4 is 16.0 Å². The molecule has 0 radical (unpaired) electrons. The van der Waals surface area contributed by atoms with Crippen molar-refractivity contribution in [3.8, 4) is 0 Å². The van der Waals surface area contributed by atoms with Gasteiger partial charge < -0.3 is 15.4 Å². The van der Waals surface area contributed by atoms with Crippen LogP contribution in [0.15, 0.2) is 48.5 Å². The normalized spacial score (nSPS) is 18.8. The maximum absolute atomic E-state index is 12.9. The molecule has 2 aromatic carbocycles. The van der Waals surface area contributed by atoms with Gasteiger partial charge in [0.2, 0.25) is 0 Å². The van der Waals surface area contributed by atoms with E-state index in [1.165, 1.54) is 24.3 Å². The topological polar surface area (TPSA) is 79.5 Å². The predicted molar refractivity (Wildman–Crippen MR) is 106 cm³/mol. The van der Waals surface area contributed by atoms with Crippen LogP contribution in [0.4, 0.5) is 25.4 Å². The van der Waals surface area contributed by atoms with Crippen molar-refractivity contribution < 1.29 is 18.7 Å². The molecule has 0 bridgehead atoms. The molecular weight excluding hydrogens is 361 g/mol. The summed E-state index contributed by atoms with van der Waals surface area (Å²) in [6.45, 7) is 1.96. The molecule has 1 fully saturated rings. The third-order valence-corrected chi connectivity index (χ3v) is 4.60. The Bertz CT molecular complexity index is 826. The fourth-order valence-corrected chi connectivity index (χ4v) is 3.29. The average molecular weight is 385 g/mol. The minimum Gasteiger partial charge on any atom is -0.446 e. The van der Waals surface area contributed by atoms with Gasteiger partial charge in [-0.3, -0.25) is 5.32 Å². The standard InChI is InChI=1S/C21H24FN3O3/c1-14-4-2-5-17(12-14)23-20(26)24-18-6-3-7-19(13-18)28-21(27)25-16-10-8-15(22)9-11-16/h2,4-5,8-12,18-19H,3,6-7,13H2,1H3,(H,25,27)(H2,23,24,26)/t18-,19-/m0/s1. The lowest BCUT2D eigenvalue weighted by Crippen LogP contribution is -2.43. The van der Waals surface area contributed by atoms with Gasteiger partial charge in [-0.25, -0.2) is 14.0 Å². The zero-order chi connectivity index (χ0) is 19.9. The van der Waals surface area contributed by atoms with Crippen LogP contribution in [0.2, 0.25) is 0 Å². The van der Waals surface area contributed by atoms with Crippen LogP contribution in [0.5, 0.6) is 0 Å². The molecule has 6 nitrogen and oxygen atoms in total. The average Bonchev–Trinajstić information content (AvgIpc) is 2.64. The van der Waals surface area contributed by atoms with E-state index in [2.05, 4.69) is 16.0 Å². The number of halogens is 1. The summed E-state index contributed by atoms with van der Waals surface area (Å²) < 4.78 is 18.4. The first-order valence-corrected chi connectivity index (χ1v) is 9.35. The second kappa shape index (κ2) is 9.21. The number of ether oxygens (including phenoxy) is 1. The van der Waals surface area contributed by atoms with Crippen LogP contribution in [0.1, 0.15) is 31.2 Å². The molecule has 0 unspecified atom stereocenters. The largest absolute Gasteiger partial charge is 0.446 e. The van der Waals surface area contributed by atoms with E-state index in [1.54, 1.807) is 0 Å². The first-order valence-electron chi connectivity index (χ1n) is 9.35. The Morgan fingerprint density at radius 2 is 1.82 bits per heavy atom. The summed E-state index contributed by atoms with van der Waals surface area (Å²) in [7, 11) is 0. The molecule has 0 aliphatic heterocycles. The van der Waals surface area contributed by atoms with E-state index >= 15 is 0 Å². The Kier molecular flexibility index (Phi) is 6.47. The van der Waals surface area contributed by atoms with E-state index in [4.69, 9.17) is 4.74 Å². The van der Waals surface area contributed by atoms with Crippen LogP contribution in [0, 0.1) is 12.7 Å². The van der Waals surface area contributed by atoms with Gasteiger partial charge in [0, 0.05) is 23.8 Å². The van der Waals surface area contributed by atoms with Crippen molar-refractivity contribution in [3.05, 3.63) is 59.9 Å². The van der Waals surface area contributed by atoms with Gasteiger partial charge in [0.15, 0.2) is 0 Å². The van der Waals surface area contributed by atoms with E-state index in [0.29, 0.717) is 12.1 Å². The summed E-state index contributed by atoms with van der Waals surface area (Å²) in [6, 6.07) is 12.7. The molecule has 0 aromatic heterocycles. The summed E-state index contributed by atoms with van der Waals surface area (Å²) in [5, 5.41) is 8.35. The molecule has 0 spiro atoms. The van der Waals surface area contributed by atoms with Crippen LogP contribution >= 0.6 is 0 Å². The van der Waals surface area contributed by atoms with Crippen LogP contribution in [-0.4, -0.2) is 24.3 Å². The number of rotatable bonds is 4. The summed E-state index contributed by atoms with van der Waals surface area (Å²) in [5.74, 6) is -0.371. The maximum Gasteiger partial charge on any atom is 0.411 e. The highest BCUT2D eigenvalue weighted by Crippen LogP contribution is 2.22. The highest BCUT2D eigenvalue weighted by atomic mass is 19.1. The molecule has 148 valence electrons. The molecule has 28 heavy (non-hydrogen) atoms. The molecule has 0 heterocycles. The van der Waals surface area contributed by atoms with Crippen molar-refractivity contribution in [1.82, 2.24) is 5.32 Å². The SMILES string of the molecule is Cc1cccc(NC(=O)N[C@H]2CCC[C@H](OC(=O)Nc3ccc(F)cc3)C2)c1. The Hall–Kier alpha value is -3.09. The van der Waals surface area contributed by atoms with Gasteiger partial charge in [-0.15, -0.1) is 0 Å². The monoisotopic (exact) mass is 385 g/mol. The Labute approximate surface area is 163 Å². The number of amides is 3. The number of hydrogen-bond donors (Lipinski definition) is 3. The molecule has 1 aliphatic rings. The Balaban J connectivity index is 1.46. The summed E-state index contributed by atoms with van der Waals surface area (Å²) >= 11 is 0. The van der Waals surface area contributed by atoms with E-state index < -0.39 is 6.09 Å². The lowest BCUT2D eigenvalue weighted by atomic mass is 9.93. The van der Waals surface area contributed by atoms with Crippen LogP contribution in [0.25, 0.3) is 0 Å². The van der Waals surface area contributed by atoms with Crippen LogP contribution in [-0.2, 0) is 4.74 Å². The summed E-state index contributed by atoms with van der Waals surface area (Å²) in [6.07, 6.45) is 2.12. The second-order valence-corrected chi connectivity index (χ2v) is 6.99. The first kappa shape index (κ1) is 19.7. The lowest BCUT2D eigenvalue weighted by molar-refractivity contribution is 0.0779. The number of anilines is 2. The predicted octanol–water partition coefficient (Wildman–Crippen LogP) is 4.82. The van der Waals surface area contributed by atoms with E-state index in [9.17, 15) is 14.0 Å². The van der Waals surface area contributed by atoms with Gasteiger partial charge in [-0.1, -0.05) is 12.1 Å². The molecule has 3 amide bonds. The molecule has 2 aromatic rings. The van der Waals surface area contributed by atoms with Gasteiger partial charge >= 0.3 is 12.1 Å². The minimum absolute atomic E-state index is 0.0674. The second-order valence-electron chi connectivity index (χ2n) is 6.99. The fourth-order valence-electron chi connectivity index (χ4n) is 3.29. The van der Waals surface area contributed by atoms with E-state index in [-0.39, 0.29) is 24.0 Å². The van der Waals surface area contributed by atoms with Crippen molar-refractivity contribution in [2.75, 3.05) is 10.6 Å². The molecule has 1 saturated carbocycles. The highest BCUT2D eigenvalue weighted by Gasteiger charge is 2.26. The first-order chi connectivity index (χ1) is 13.5. The van der Waals surface area contributed by atoms with Gasteiger partial charge in [-0.05, 0) is 68.1 Å². The number of benzene rings is 2. The number of carbonyl (C=O) groups is 2. The quantitative estimate of drug-likeness (QED) is 0.706. The molecule has 2 atom stereocenters. The molecule has 3 N–H and O–H groups in total. The molecule has 0 saturated heterocycles. The molecule has 1 aliphatic carbocycles. The third kappa shape index (κ3) is 5.97. The lowest BCUT2D eigenvalue weighted by Gasteiger charge is -2.29. The number of nitrogens with one attached hydrogen (secondary N) is 3. The zero-order valence-corrected chi connectivity index (χ0v) is 15.7. The summed E-state index contributed by atoms with van der Waals surface area (Å²) in [5.41, 5.74) is 2.27. The summed E-state index contributed by atoms with van der Waals surface area (Å²) in [4.78, 5) is 24.3. The minimum atomic E-state index is -0.582. The zero-order valence-electron chi connectivity index (χ0n) is 15.7. The van der Waals surface area contributed by atoms with Gasteiger partial charge in [0.1, 0.15) is 11.9 Å². The van der Waals surface area contributed by atoms with Crippen molar-refractivity contribution in [1.29, 1.82) is 0 Å². The highest BCUT2D eigenvalue weighted by molar-refractivity contribution is 5.89. The van der Waals surface area contributed by atoms with Crippen molar-refractivity contribution in [2.45, 2.75) is 44.8 Å². The fraction of sp³-hybridized carbons (Fsp3) is 0.333. The van der Waals surface area contributed by atoms with E-state index in [0.717, 1.165) is 30.5 Å². The molecule has 7 heteroatoms. The number of carbonyl (C=O) groups excluding carboxylic acids is 2. The Morgan fingerprint density at radius 3 is 2.57 bits per heavy atom. The third-order valence-electron chi connectivity index (χ3n) is 4.60. The number of urea groups is 1. The van der Waals surface area contributed by atoms with Gasteiger partial charge in [0.05, 0.1) is 0 Å². The Morgan fingerprint density at radius 1 is 1.04 bits per heavy atom. The van der Waals surface area contributed by atoms with Gasteiger partial charge in [0.25, 0.3) is 0 Å². The van der Waals surface area contributed by atoms with Crippen LogP contribution in [0.3, 0.4) is 0 Å².